The number of amides is 1. The first kappa shape index (κ1) is 14.0. The highest BCUT2D eigenvalue weighted by Crippen LogP contribution is 2.14. The zero-order chi connectivity index (χ0) is 13.8. The van der Waals surface area contributed by atoms with Crippen LogP contribution in [0.25, 0.3) is 0 Å². The molecular weight excluding hydrogens is 351 g/mol. The van der Waals surface area contributed by atoms with Gasteiger partial charge >= 0.3 is 0 Å². The standard InChI is InChI=1S/C15H15IN2O/c1-3-11-4-6-12(7-5-11)15(19)18-14-9-8-13(16)10(2)17-14/h4-9H,3H2,1-2H3,(H,17,18,19). The molecule has 2 aromatic rings. The van der Waals surface area contributed by atoms with Crippen molar-refractivity contribution in [3.8, 4) is 0 Å². The van der Waals surface area contributed by atoms with Gasteiger partial charge in [0.25, 0.3) is 5.91 Å². The van der Waals surface area contributed by atoms with E-state index in [0.717, 1.165) is 15.7 Å². The highest BCUT2D eigenvalue weighted by Gasteiger charge is 2.07. The third kappa shape index (κ3) is 3.53. The summed E-state index contributed by atoms with van der Waals surface area (Å²) in [7, 11) is 0. The predicted molar refractivity (Wildman–Crippen MR) is 85.5 cm³/mol. The lowest BCUT2D eigenvalue weighted by Crippen LogP contribution is -2.13. The van der Waals surface area contributed by atoms with E-state index in [1.807, 2.05) is 43.3 Å². The van der Waals surface area contributed by atoms with E-state index in [-0.39, 0.29) is 5.91 Å². The number of benzene rings is 1. The van der Waals surface area contributed by atoms with E-state index < -0.39 is 0 Å². The van der Waals surface area contributed by atoms with Gasteiger partial charge in [-0.1, -0.05) is 19.1 Å². The quantitative estimate of drug-likeness (QED) is 0.840. The predicted octanol–water partition coefficient (Wildman–Crippen LogP) is 3.81. The Morgan fingerprint density at radius 3 is 2.47 bits per heavy atom. The van der Waals surface area contributed by atoms with Crippen LogP contribution in [0.1, 0.15) is 28.5 Å². The summed E-state index contributed by atoms with van der Waals surface area (Å²) in [5, 5.41) is 2.81. The van der Waals surface area contributed by atoms with Crippen LogP contribution in [0, 0.1) is 10.5 Å². The van der Waals surface area contributed by atoms with Gasteiger partial charge in [-0.25, -0.2) is 4.98 Å². The number of halogens is 1. The molecule has 0 aliphatic rings. The Morgan fingerprint density at radius 2 is 1.89 bits per heavy atom. The highest BCUT2D eigenvalue weighted by molar-refractivity contribution is 14.1. The first-order valence-corrected chi connectivity index (χ1v) is 7.21. The van der Waals surface area contributed by atoms with Crippen LogP contribution < -0.4 is 5.32 Å². The Morgan fingerprint density at radius 1 is 1.21 bits per heavy atom. The SMILES string of the molecule is CCc1ccc(C(=O)Nc2ccc(I)c(C)n2)cc1. The van der Waals surface area contributed by atoms with Crippen molar-refractivity contribution in [1.82, 2.24) is 4.98 Å². The van der Waals surface area contributed by atoms with Crippen LogP contribution in [-0.4, -0.2) is 10.9 Å². The van der Waals surface area contributed by atoms with Gasteiger partial charge in [0.05, 0.1) is 5.69 Å². The number of hydrogen-bond donors (Lipinski definition) is 1. The zero-order valence-corrected chi connectivity index (χ0v) is 13.1. The van der Waals surface area contributed by atoms with E-state index in [1.54, 1.807) is 0 Å². The molecule has 1 aromatic heterocycles. The van der Waals surface area contributed by atoms with Gasteiger partial charge in [0.15, 0.2) is 0 Å². The first-order valence-electron chi connectivity index (χ1n) is 6.13. The Labute approximate surface area is 126 Å². The summed E-state index contributed by atoms with van der Waals surface area (Å²) in [6, 6.07) is 11.4. The Balaban J connectivity index is 2.13. The third-order valence-corrected chi connectivity index (χ3v) is 4.03. The van der Waals surface area contributed by atoms with Gasteiger partial charge in [0.1, 0.15) is 5.82 Å². The molecule has 0 spiro atoms. The van der Waals surface area contributed by atoms with Crippen molar-refractivity contribution in [1.29, 1.82) is 0 Å². The minimum Gasteiger partial charge on any atom is -0.307 e. The summed E-state index contributed by atoms with van der Waals surface area (Å²) < 4.78 is 1.09. The molecule has 19 heavy (non-hydrogen) atoms. The molecule has 0 unspecified atom stereocenters. The van der Waals surface area contributed by atoms with Crippen LogP contribution in [0.2, 0.25) is 0 Å². The molecule has 1 N–H and O–H groups in total. The molecule has 98 valence electrons. The van der Waals surface area contributed by atoms with Crippen molar-refractivity contribution in [2.24, 2.45) is 0 Å². The summed E-state index contributed by atoms with van der Waals surface area (Å²) in [6.45, 7) is 4.01. The van der Waals surface area contributed by atoms with Gasteiger partial charge in [-0.2, -0.15) is 0 Å². The van der Waals surface area contributed by atoms with E-state index in [2.05, 4.69) is 39.8 Å². The van der Waals surface area contributed by atoms with Crippen molar-refractivity contribution in [3.05, 3.63) is 56.8 Å². The van der Waals surface area contributed by atoms with E-state index in [0.29, 0.717) is 11.4 Å². The summed E-state index contributed by atoms with van der Waals surface area (Å²) in [5.74, 6) is 0.457. The van der Waals surface area contributed by atoms with Gasteiger partial charge in [-0.3, -0.25) is 4.79 Å². The largest absolute Gasteiger partial charge is 0.307 e. The van der Waals surface area contributed by atoms with Gasteiger partial charge < -0.3 is 5.32 Å². The maximum Gasteiger partial charge on any atom is 0.256 e. The number of nitrogens with one attached hydrogen (secondary N) is 1. The molecule has 2 rings (SSSR count). The molecule has 4 heteroatoms. The molecule has 0 radical (unpaired) electrons. The fourth-order valence-corrected chi connectivity index (χ4v) is 1.99. The summed E-state index contributed by atoms with van der Waals surface area (Å²) >= 11 is 2.22. The third-order valence-electron chi connectivity index (χ3n) is 2.89. The number of hydrogen-bond acceptors (Lipinski definition) is 2. The van der Waals surface area contributed by atoms with Gasteiger partial charge in [0, 0.05) is 9.13 Å². The van der Waals surface area contributed by atoms with Crippen LogP contribution in [0.3, 0.4) is 0 Å². The van der Waals surface area contributed by atoms with Crippen molar-refractivity contribution < 1.29 is 4.79 Å². The minimum atomic E-state index is -0.129. The Bertz CT molecular complexity index is 594. The lowest BCUT2D eigenvalue weighted by atomic mass is 10.1. The lowest BCUT2D eigenvalue weighted by Gasteiger charge is -2.06. The molecular formula is C15H15IN2O. The average Bonchev–Trinajstić information content (AvgIpc) is 2.43. The summed E-state index contributed by atoms with van der Waals surface area (Å²) in [6.07, 6.45) is 0.972. The fraction of sp³-hybridized carbons (Fsp3) is 0.200. The molecule has 1 amide bonds. The van der Waals surface area contributed by atoms with Crippen LogP contribution in [-0.2, 0) is 6.42 Å². The van der Waals surface area contributed by atoms with Gasteiger partial charge in [-0.05, 0) is 65.8 Å². The van der Waals surface area contributed by atoms with E-state index in [1.165, 1.54) is 5.56 Å². The van der Waals surface area contributed by atoms with Gasteiger partial charge in [-0.15, -0.1) is 0 Å². The Hall–Kier alpha value is -1.43. The monoisotopic (exact) mass is 366 g/mol. The number of aromatic nitrogens is 1. The summed E-state index contributed by atoms with van der Waals surface area (Å²) in [4.78, 5) is 16.4. The number of anilines is 1. The minimum absolute atomic E-state index is 0.129. The smallest absolute Gasteiger partial charge is 0.256 e. The number of aryl methyl sites for hydroxylation is 2. The van der Waals surface area contributed by atoms with Crippen molar-refractivity contribution >= 4 is 34.3 Å². The molecule has 0 saturated heterocycles. The van der Waals surface area contributed by atoms with Crippen molar-refractivity contribution in [2.45, 2.75) is 20.3 Å². The van der Waals surface area contributed by atoms with Crippen molar-refractivity contribution in [2.75, 3.05) is 5.32 Å². The molecule has 0 aliphatic heterocycles. The van der Waals surface area contributed by atoms with E-state index in [9.17, 15) is 4.79 Å². The topological polar surface area (TPSA) is 42.0 Å². The van der Waals surface area contributed by atoms with Crippen LogP contribution in [0.5, 0.6) is 0 Å². The van der Waals surface area contributed by atoms with Crippen LogP contribution in [0.4, 0.5) is 5.82 Å². The maximum atomic E-state index is 12.1. The molecule has 0 saturated carbocycles. The molecule has 0 fully saturated rings. The molecule has 0 atom stereocenters. The van der Waals surface area contributed by atoms with Crippen LogP contribution in [0.15, 0.2) is 36.4 Å². The molecule has 1 heterocycles. The fourth-order valence-electron chi connectivity index (χ4n) is 1.69. The number of nitrogens with zero attached hydrogens (tertiary/aromatic N) is 1. The van der Waals surface area contributed by atoms with Crippen molar-refractivity contribution in [3.63, 3.8) is 0 Å². The second-order valence-electron chi connectivity index (χ2n) is 4.27. The Kier molecular flexibility index (Phi) is 4.52. The van der Waals surface area contributed by atoms with E-state index in [4.69, 9.17) is 0 Å². The average molecular weight is 366 g/mol. The molecule has 3 nitrogen and oxygen atoms in total. The second kappa shape index (κ2) is 6.14. The molecule has 1 aromatic carbocycles. The second-order valence-corrected chi connectivity index (χ2v) is 5.43. The maximum absolute atomic E-state index is 12.1. The number of carbonyl (C=O) groups excluding carboxylic acids is 1. The lowest BCUT2D eigenvalue weighted by molar-refractivity contribution is 0.102. The van der Waals surface area contributed by atoms with Gasteiger partial charge in [0.2, 0.25) is 0 Å². The number of rotatable bonds is 3. The zero-order valence-electron chi connectivity index (χ0n) is 10.9. The molecule has 0 bridgehead atoms. The highest BCUT2D eigenvalue weighted by atomic mass is 127. The van der Waals surface area contributed by atoms with Crippen LogP contribution >= 0.6 is 22.6 Å². The number of pyridine rings is 1. The molecule has 0 aliphatic carbocycles. The first-order chi connectivity index (χ1) is 9.10. The summed E-state index contributed by atoms with van der Waals surface area (Å²) in [5.41, 5.74) is 2.79. The normalized spacial score (nSPS) is 10.3. The van der Waals surface area contributed by atoms with E-state index >= 15 is 0 Å². The number of carbonyl (C=O) groups is 1.